The van der Waals surface area contributed by atoms with E-state index in [9.17, 15) is 4.39 Å². The topological polar surface area (TPSA) is 12.0 Å². The minimum atomic E-state index is -0.149. The first kappa shape index (κ1) is 16.0. The summed E-state index contributed by atoms with van der Waals surface area (Å²) in [6, 6.07) is 13.7. The Morgan fingerprint density at radius 1 is 1.14 bits per heavy atom. The van der Waals surface area contributed by atoms with Crippen LogP contribution in [0.3, 0.4) is 0 Å². The molecule has 112 valence electrons. The molecule has 2 aromatic carbocycles. The van der Waals surface area contributed by atoms with E-state index in [2.05, 4.69) is 25.2 Å². The lowest BCUT2D eigenvalue weighted by atomic mass is 10.0. The molecule has 2 atom stereocenters. The number of halogens is 2. The Kier molecular flexibility index (Phi) is 5.38. The van der Waals surface area contributed by atoms with Crippen molar-refractivity contribution in [2.45, 2.75) is 39.3 Å². The minimum absolute atomic E-state index is 0.106. The summed E-state index contributed by atoms with van der Waals surface area (Å²) in [7, 11) is 0. The molecule has 0 heterocycles. The van der Waals surface area contributed by atoms with Gasteiger partial charge in [0.1, 0.15) is 5.82 Å². The summed E-state index contributed by atoms with van der Waals surface area (Å²) in [5.74, 6) is -0.149. The van der Waals surface area contributed by atoms with Gasteiger partial charge < -0.3 is 5.32 Å². The van der Waals surface area contributed by atoms with Crippen LogP contribution in [0.25, 0.3) is 0 Å². The average Bonchev–Trinajstić information content (AvgIpc) is 2.41. The summed E-state index contributed by atoms with van der Waals surface area (Å²) in [4.78, 5) is 0. The van der Waals surface area contributed by atoms with Crippen LogP contribution >= 0.6 is 11.6 Å². The highest BCUT2D eigenvalue weighted by atomic mass is 35.5. The Balaban J connectivity index is 1.98. The number of hydrogen-bond acceptors (Lipinski definition) is 1. The van der Waals surface area contributed by atoms with Crippen LogP contribution in [0.15, 0.2) is 42.5 Å². The van der Waals surface area contributed by atoms with Crippen LogP contribution in [0, 0.1) is 12.7 Å². The maximum atomic E-state index is 13.6. The molecule has 0 radical (unpaired) electrons. The van der Waals surface area contributed by atoms with E-state index < -0.39 is 0 Å². The van der Waals surface area contributed by atoms with Gasteiger partial charge in [-0.25, -0.2) is 4.39 Å². The lowest BCUT2D eigenvalue weighted by Crippen LogP contribution is -2.30. The molecule has 0 aliphatic rings. The Hall–Kier alpha value is -1.38. The van der Waals surface area contributed by atoms with Crippen molar-refractivity contribution < 1.29 is 4.39 Å². The van der Waals surface area contributed by atoms with Crippen molar-refractivity contribution in [2.75, 3.05) is 0 Å². The molecule has 21 heavy (non-hydrogen) atoms. The van der Waals surface area contributed by atoms with Gasteiger partial charge in [0.25, 0.3) is 0 Å². The molecule has 0 aliphatic carbocycles. The lowest BCUT2D eigenvalue weighted by molar-refractivity contribution is 0.475. The molecule has 1 N–H and O–H groups in total. The van der Waals surface area contributed by atoms with Crippen LogP contribution in [-0.2, 0) is 6.42 Å². The molecule has 0 bridgehead atoms. The van der Waals surface area contributed by atoms with E-state index >= 15 is 0 Å². The monoisotopic (exact) mass is 305 g/mol. The van der Waals surface area contributed by atoms with Crippen molar-refractivity contribution in [3.8, 4) is 0 Å². The number of aryl methyl sites for hydroxylation is 1. The van der Waals surface area contributed by atoms with Crippen LogP contribution in [0.5, 0.6) is 0 Å². The predicted molar refractivity (Wildman–Crippen MR) is 87.3 cm³/mol. The quantitative estimate of drug-likeness (QED) is 0.813. The number of hydrogen-bond donors (Lipinski definition) is 1. The molecule has 3 heteroatoms. The third-order valence-electron chi connectivity index (χ3n) is 3.66. The van der Waals surface area contributed by atoms with Gasteiger partial charge in [0, 0.05) is 17.1 Å². The lowest BCUT2D eigenvalue weighted by Gasteiger charge is -2.21. The van der Waals surface area contributed by atoms with Crippen LogP contribution < -0.4 is 5.32 Å². The van der Waals surface area contributed by atoms with Crippen LogP contribution in [0.1, 0.15) is 36.6 Å². The first-order chi connectivity index (χ1) is 9.95. The largest absolute Gasteiger partial charge is 0.307 e. The van der Waals surface area contributed by atoms with E-state index in [0.29, 0.717) is 5.56 Å². The predicted octanol–water partition coefficient (Wildman–Crippen LogP) is 5.07. The molecule has 2 rings (SSSR count). The SMILES string of the molecule is Cc1ccc(C(C)NC(C)Cc2cccc(Cl)c2)cc1F. The summed E-state index contributed by atoms with van der Waals surface area (Å²) < 4.78 is 13.6. The van der Waals surface area contributed by atoms with Gasteiger partial charge in [-0.05, 0) is 62.1 Å². The van der Waals surface area contributed by atoms with E-state index in [-0.39, 0.29) is 17.9 Å². The van der Waals surface area contributed by atoms with Crippen molar-refractivity contribution in [2.24, 2.45) is 0 Å². The molecular formula is C18H21ClFN. The standard InChI is InChI=1S/C18H21ClFN/c1-12-7-8-16(11-18(12)20)14(3)21-13(2)9-15-5-4-6-17(19)10-15/h4-8,10-11,13-14,21H,9H2,1-3H3. The smallest absolute Gasteiger partial charge is 0.126 e. The highest BCUT2D eigenvalue weighted by Gasteiger charge is 2.11. The van der Waals surface area contributed by atoms with Gasteiger partial charge in [-0.2, -0.15) is 0 Å². The van der Waals surface area contributed by atoms with Crippen molar-refractivity contribution >= 4 is 11.6 Å². The molecule has 2 aromatic rings. The maximum Gasteiger partial charge on any atom is 0.126 e. The van der Waals surface area contributed by atoms with Gasteiger partial charge in [0.05, 0.1) is 0 Å². The molecule has 2 unspecified atom stereocenters. The first-order valence-electron chi connectivity index (χ1n) is 7.22. The molecule has 1 nitrogen and oxygen atoms in total. The summed E-state index contributed by atoms with van der Waals surface area (Å²) in [5.41, 5.74) is 2.85. The zero-order valence-electron chi connectivity index (χ0n) is 12.7. The van der Waals surface area contributed by atoms with Crippen LogP contribution in [0.2, 0.25) is 5.02 Å². The van der Waals surface area contributed by atoms with Gasteiger partial charge in [0.15, 0.2) is 0 Å². The van der Waals surface area contributed by atoms with Crippen molar-refractivity contribution in [3.63, 3.8) is 0 Å². The second-order valence-electron chi connectivity index (χ2n) is 5.63. The van der Waals surface area contributed by atoms with E-state index in [1.54, 1.807) is 13.0 Å². The zero-order chi connectivity index (χ0) is 15.4. The number of nitrogens with one attached hydrogen (secondary N) is 1. The number of benzene rings is 2. The maximum absolute atomic E-state index is 13.6. The molecule has 0 aliphatic heterocycles. The Morgan fingerprint density at radius 3 is 2.57 bits per heavy atom. The molecule has 0 amide bonds. The Labute approximate surface area is 131 Å². The first-order valence-corrected chi connectivity index (χ1v) is 7.60. The highest BCUT2D eigenvalue weighted by molar-refractivity contribution is 6.30. The normalized spacial score (nSPS) is 14.0. The van der Waals surface area contributed by atoms with Gasteiger partial charge in [-0.1, -0.05) is 35.9 Å². The van der Waals surface area contributed by atoms with Crippen molar-refractivity contribution in [3.05, 3.63) is 70.0 Å². The fraction of sp³-hybridized carbons (Fsp3) is 0.333. The van der Waals surface area contributed by atoms with Crippen molar-refractivity contribution in [1.82, 2.24) is 5.32 Å². The molecular weight excluding hydrogens is 285 g/mol. The second-order valence-corrected chi connectivity index (χ2v) is 6.07. The van der Waals surface area contributed by atoms with Crippen LogP contribution in [-0.4, -0.2) is 6.04 Å². The summed E-state index contributed by atoms with van der Waals surface area (Å²) in [6.07, 6.45) is 0.888. The zero-order valence-corrected chi connectivity index (χ0v) is 13.4. The summed E-state index contributed by atoms with van der Waals surface area (Å²) in [6.45, 7) is 5.96. The molecule has 0 saturated heterocycles. The number of rotatable bonds is 5. The van der Waals surface area contributed by atoms with Gasteiger partial charge in [-0.15, -0.1) is 0 Å². The van der Waals surface area contributed by atoms with E-state index in [4.69, 9.17) is 11.6 Å². The summed E-state index contributed by atoms with van der Waals surface area (Å²) >= 11 is 6.00. The van der Waals surface area contributed by atoms with E-state index in [1.807, 2.05) is 30.3 Å². The Bertz CT molecular complexity index is 612. The Morgan fingerprint density at radius 2 is 1.90 bits per heavy atom. The van der Waals surface area contributed by atoms with E-state index in [0.717, 1.165) is 17.0 Å². The molecule has 0 aromatic heterocycles. The molecule has 0 saturated carbocycles. The second kappa shape index (κ2) is 7.06. The minimum Gasteiger partial charge on any atom is -0.307 e. The molecule has 0 spiro atoms. The third-order valence-corrected chi connectivity index (χ3v) is 3.90. The van der Waals surface area contributed by atoms with E-state index in [1.165, 1.54) is 5.56 Å². The summed E-state index contributed by atoms with van der Waals surface area (Å²) in [5, 5.41) is 4.26. The van der Waals surface area contributed by atoms with Gasteiger partial charge >= 0.3 is 0 Å². The average molecular weight is 306 g/mol. The third kappa shape index (κ3) is 4.55. The van der Waals surface area contributed by atoms with Crippen LogP contribution in [0.4, 0.5) is 4.39 Å². The fourth-order valence-electron chi connectivity index (χ4n) is 2.48. The van der Waals surface area contributed by atoms with Gasteiger partial charge in [0.2, 0.25) is 0 Å². The molecule has 0 fully saturated rings. The van der Waals surface area contributed by atoms with Crippen molar-refractivity contribution in [1.29, 1.82) is 0 Å². The highest BCUT2D eigenvalue weighted by Crippen LogP contribution is 2.18. The fourth-order valence-corrected chi connectivity index (χ4v) is 2.69. The van der Waals surface area contributed by atoms with Gasteiger partial charge in [-0.3, -0.25) is 0 Å².